The average Bonchev–Trinajstić information content (AvgIpc) is 4.04. The molecule has 15 aromatic rings. The van der Waals surface area contributed by atoms with Crippen molar-refractivity contribution in [1.29, 1.82) is 0 Å². The molecule has 0 atom stereocenters. The maximum absolute atomic E-state index is 2.45. The third-order valence-electron chi connectivity index (χ3n) is 16.0. The third-order valence-corrected chi connectivity index (χ3v) is 16.0. The van der Waals surface area contributed by atoms with Gasteiger partial charge in [-0.1, -0.05) is 194 Å². The number of hydrogen-bond acceptors (Lipinski definition) is 2. The molecule has 82 heavy (non-hydrogen) atoms. The molecule has 0 spiro atoms. The molecule has 2 aromatic heterocycles. The smallest absolute Gasteiger partial charge is 0.0542 e. The molecule has 0 aliphatic heterocycles. The van der Waals surface area contributed by atoms with E-state index in [2.05, 4.69) is 347 Å². The number of para-hydroxylation sites is 4. The molecule has 0 aliphatic rings. The fourth-order valence-electron chi connectivity index (χ4n) is 12.0. The van der Waals surface area contributed by atoms with E-state index in [1.807, 2.05) is 0 Å². The summed E-state index contributed by atoms with van der Waals surface area (Å²) in [5.41, 5.74) is 20.3. The highest BCUT2D eigenvalue weighted by molar-refractivity contribution is 6.03. The summed E-state index contributed by atoms with van der Waals surface area (Å²) in [6.07, 6.45) is 0. The average molecular weight is 1050 g/mol. The second-order valence-corrected chi connectivity index (χ2v) is 21.0. The Labute approximate surface area is 477 Å². The molecule has 2 heterocycles. The Morgan fingerprint density at radius 3 is 0.805 bits per heavy atom. The molecular weight excluding hydrogens is 993 g/mol. The zero-order valence-corrected chi connectivity index (χ0v) is 45.0. The molecule has 0 bridgehead atoms. The lowest BCUT2D eigenvalue weighted by Gasteiger charge is -2.25. The van der Waals surface area contributed by atoms with Gasteiger partial charge in [0.05, 0.1) is 22.4 Å². The predicted molar refractivity (Wildman–Crippen MR) is 346 cm³/mol. The Morgan fingerprint density at radius 1 is 0.183 bits per heavy atom. The van der Waals surface area contributed by atoms with Crippen molar-refractivity contribution in [3.63, 3.8) is 0 Å². The standard InChI is InChI=1S/C78H54N4/c1-5-21-67(22-6-1)79(68-23-7-2-8-24-68)71-41-45-73(46-42-71)81-75(59-35-29-57(30-36-59)63-39-33-55-17-13-15-19-61(55)49-63)51-65-54-78-66(53-77(65)81)52-76(60-37-31-58(32-38-60)64-40-34-56-18-14-16-20-62(56)50-64)82(78)74-47-43-72(44-48-74)80(69-25-9-3-10-26-69)70-27-11-4-12-28-70/h1-54H. The molecule has 0 radical (unpaired) electrons. The van der Waals surface area contributed by atoms with Crippen molar-refractivity contribution < 1.29 is 0 Å². The normalized spacial score (nSPS) is 11.4. The van der Waals surface area contributed by atoms with Crippen molar-refractivity contribution in [3.05, 3.63) is 328 Å². The SMILES string of the molecule is c1ccc(N(c2ccccc2)c2ccc(-n3c(-c4ccc(-c5ccc6ccccc6c5)cc4)cc4cc5c(cc(-c6ccc(-c7ccc8ccccc8c7)cc6)n5-c5ccc(N(c6ccccc6)c6ccccc6)cc5)cc43)cc2)cc1. The van der Waals surface area contributed by atoms with Crippen LogP contribution in [0.5, 0.6) is 0 Å². The highest BCUT2D eigenvalue weighted by Gasteiger charge is 2.21. The summed E-state index contributed by atoms with van der Waals surface area (Å²) in [5.74, 6) is 0. The van der Waals surface area contributed by atoms with Gasteiger partial charge >= 0.3 is 0 Å². The van der Waals surface area contributed by atoms with Gasteiger partial charge in [-0.3, -0.25) is 0 Å². The first-order chi connectivity index (χ1) is 40.6. The van der Waals surface area contributed by atoms with E-state index < -0.39 is 0 Å². The third kappa shape index (κ3) is 8.95. The van der Waals surface area contributed by atoms with Gasteiger partial charge < -0.3 is 18.9 Å². The number of benzene rings is 13. The highest BCUT2D eigenvalue weighted by atomic mass is 15.1. The predicted octanol–water partition coefficient (Wildman–Crippen LogP) is 21.5. The lowest BCUT2D eigenvalue weighted by atomic mass is 9.99. The fourth-order valence-corrected chi connectivity index (χ4v) is 12.0. The molecule has 0 saturated heterocycles. The van der Waals surface area contributed by atoms with Crippen LogP contribution >= 0.6 is 0 Å². The quantitative estimate of drug-likeness (QED) is 0.121. The molecule has 0 N–H and O–H groups in total. The Kier molecular flexibility index (Phi) is 12.2. The molecule has 0 amide bonds. The maximum Gasteiger partial charge on any atom is 0.0542 e. The van der Waals surface area contributed by atoms with Gasteiger partial charge in [-0.25, -0.2) is 0 Å². The minimum absolute atomic E-state index is 1.08. The molecule has 0 saturated carbocycles. The topological polar surface area (TPSA) is 16.3 Å². The van der Waals surface area contributed by atoms with Crippen LogP contribution in [0.2, 0.25) is 0 Å². The fraction of sp³-hybridized carbons (Fsp3) is 0. The summed E-state index contributed by atoms with van der Waals surface area (Å²) >= 11 is 0. The number of hydrogen-bond donors (Lipinski definition) is 0. The minimum atomic E-state index is 1.08. The first kappa shape index (κ1) is 48.2. The largest absolute Gasteiger partial charge is 0.311 e. The Balaban J connectivity index is 0.896. The van der Waals surface area contributed by atoms with Gasteiger partial charge in [0.25, 0.3) is 0 Å². The molecule has 386 valence electrons. The molecule has 13 aromatic carbocycles. The molecule has 0 aliphatic carbocycles. The second kappa shape index (κ2) is 20.7. The van der Waals surface area contributed by atoms with E-state index in [0.717, 1.165) is 89.8 Å². The maximum atomic E-state index is 2.45. The first-order valence-electron chi connectivity index (χ1n) is 28.1. The zero-order valence-electron chi connectivity index (χ0n) is 45.0. The van der Waals surface area contributed by atoms with Gasteiger partial charge in [0, 0.05) is 56.3 Å². The summed E-state index contributed by atoms with van der Waals surface area (Å²) in [6, 6.07) is 119. The van der Waals surface area contributed by atoms with Gasteiger partial charge in [-0.05, 0) is 188 Å². The van der Waals surface area contributed by atoms with Crippen LogP contribution in [0.4, 0.5) is 34.1 Å². The Morgan fingerprint density at radius 2 is 0.463 bits per heavy atom. The van der Waals surface area contributed by atoms with Crippen molar-refractivity contribution in [1.82, 2.24) is 9.13 Å². The number of nitrogens with zero attached hydrogens (tertiary/aromatic N) is 4. The van der Waals surface area contributed by atoms with Gasteiger partial charge in [-0.2, -0.15) is 0 Å². The summed E-state index contributed by atoms with van der Waals surface area (Å²) in [5, 5.41) is 7.25. The van der Waals surface area contributed by atoms with E-state index in [9.17, 15) is 0 Å². The number of rotatable bonds is 12. The molecule has 4 nitrogen and oxygen atoms in total. The zero-order chi connectivity index (χ0) is 54.3. The molecule has 15 rings (SSSR count). The summed E-state index contributed by atoms with van der Waals surface area (Å²) in [7, 11) is 0. The number of fused-ring (bicyclic) bond motifs is 4. The van der Waals surface area contributed by atoms with Gasteiger partial charge in [0.15, 0.2) is 0 Å². The van der Waals surface area contributed by atoms with Crippen LogP contribution in [0.25, 0.3) is 99.5 Å². The number of aromatic nitrogens is 2. The second-order valence-electron chi connectivity index (χ2n) is 21.0. The van der Waals surface area contributed by atoms with Crippen LogP contribution in [-0.4, -0.2) is 9.13 Å². The lowest BCUT2D eigenvalue weighted by molar-refractivity contribution is 1.13. The van der Waals surface area contributed by atoms with Crippen LogP contribution in [-0.2, 0) is 0 Å². The first-order valence-corrected chi connectivity index (χ1v) is 28.1. The van der Waals surface area contributed by atoms with E-state index >= 15 is 0 Å². The van der Waals surface area contributed by atoms with Gasteiger partial charge in [0.2, 0.25) is 0 Å². The van der Waals surface area contributed by atoms with E-state index in [1.54, 1.807) is 0 Å². The van der Waals surface area contributed by atoms with Crippen molar-refractivity contribution in [2.75, 3.05) is 9.80 Å². The molecule has 0 unspecified atom stereocenters. The van der Waals surface area contributed by atoms with Crippen LogP contribution in [0.1, 0.15) is 0 Å². The van der Waals surface area contributed by atoms with Crippen molar-refractivity contribution >= 4 is 77.5 Å². The van der Waals surface area contributed by atoms with E-state index in [0.29, 0.717) is 0 Å². The monoisotopic (exact) mass is 1050 g/mol. The summed E-state index contributed by atoms with van der Waals surface area (Å²) in [4.78, 5) is 4.64. The van der Waals surface area contributed by atoms with E-state index in [1.165, 1.54) is 43.8 Å². The number of anilines is 6. The van der Waals surface area contributed by atoms with Crippen LogP contribution in [0.3, 0.4) is 0 Å². The minimum Gasteiger partial charge on any atom is -0.311 e. The summed E-state index contributed by atoms with van der Waals surface area (Å²) < 4.78 is 4.90. The van der Waals surface area contributed by atoms with Crippen molar-refractivity contribution in [2.24, 2.45) is 0 Å². The van der Waals surface area contributed by atoms with Crippen molar-refractivity contribution in [2.45, 2.75) is 0 Å². The molecule has 0 fully saturated rings. The van der Waals surface area contributed by atoms with Crippen LogP contribution in [0.15, 0.2) is 328 Å². The van der Waals surface area contributed by atoms with Crippen LogP contribution < -0.4 is 9.80 Å². The van der Waals surface area contributed by atoms with E-state index in [-0.39, 0.29) is 0 Å². The van der Waals surface area contributed by atoms with Gasteiger partial charge in [0.1, 0.15) is 0 Å². The Bertz CT molecular complexity index is 4350. The summed E-state index contributed by atoms with van der Waals surface area (Å²) in [6.45, 7) is 0. The molecule has 4 heteroatoms. The van der Waals surface area contributed by atoms with Crippen LogP contribution in [0, 0.1) is 0 Å². The van der Waals surface area contributed by atoms with E-state index in [4.69, 9.17) is 0 Å². The Hall–Kier alpha value is -10.9. The highest BCUT2D eigenvalue weighted by Crippen LogP contribution is 2.42. The van der Waals surface area contributed by atoms with Crippen molar-refractivity contribution in [3.8, 4) is 56.1 Å². The van der Waals surface area contributed by atoms with Gasteiger partial charge in [-0.15, -0.1) is 0 Å². The lowest BCUT2D eigenvalue weighted by Crippen LogP contribution is -2.09. The molecular formula is C78H54N4.